The van der Waals surface area contributed by atoms with Crippen LogP contribution in [0.15, 0.2) is 0 Å². The first-order valence-corrected chi connectivity index (χ1v) is 14.6. The Morgan fingerprint density at radius 1 is 0.688 bits per heavy atom. The predicted molar refractivity (Wildman–Crippen MR) is 138 cm³/mol. The van der Waals surface area contributed by atoms with Crippen molar-refractivity contribution < 1.29 is 14.8 Å². The van der Waals surface area contributed by atoms with Crippen molar-refractivity contribution in [2.24, 2.45) is 5.92 Å². The lowest BCUT2D eigenvalue weighted by Gasteiger charge is -2.35. The smallest absolute Gasteiger partial charge is 0.306 e. The Morgan fingerprint density at radius 3 is 1.47 bits per heavy atom. The van der Waals surface area contributed by atoms with Gasteiger partial charge in [-0.2, -0.15) is 0 Å². The SMILES string of the molecule is CCCCCCCCCCCCCCCCCCCCC(=O)OC(C)(C)C1CC[NH2+]CC1. The summed E-state index contributed by atoms with van der Waals surface area (Å²) in [7, 11) is 0. The van der Waals surface area contributed by atoms with Crippen LogP contribution in [0.1, 0.15) is 156 Å². The molecular formula is C29H58NO2+. The van der Waals surface area contributed by atoms with E-state index < -0.39 is 0 Å². The Hall–Kier alpha value is -0.570. The molecule has 0 aromatic rings. The number of esters is 1. The normalized spacial score (nSPS) is 15.2. The Labute approximate surface area is 201 Å². The van der Waals surface area contributed by atoms with Crippen molar-refractivity contribution in [3.63, 3.8) is 0 Å². The summed E-state index contributed by atoms with van der Waals surface area (Å²) in [4.78, 5) is 12.2. The van der Waals surface area contributed by atoms with Gasteiger partial charge in [-0.15, -0.1) is 0 Å². The van der Waals surface area contributed by atoms with E-state index in [0.29, 0.717) is 12.3 Å². The first kappa shape index (κ1) is 29.5. The molecule has 1 rings (SSSR count). The van der Waals surface area contributed by atoms with Crippen LogP contribution >= 0.6 is 0 Å². The molecule has 0 aliphatic carbocycles. The lowest BCUT2D eigenvalue weighted by atomic mass is 9.83. The van der Waals surface area contributed by atoms with Gasteiger partial charge in [-0.25, -0.2) is 0 Å². The van der Waals surface area contributed by atoms with E-state index in [1.807, 2.05) is 0 Å². The highest BCUT2D eigenvalue weighted by atomic mass is 16.6. The van der Waals surface area contributed by atoms with Crippen LogP contribution in [-0.2, 0) is 9.53 Å². The number of rotatable bonds is 21. The van der Waals surface area contributed by atoms with Gasteiger partial charge in [-0.3, -0.25) is 4.79 Å². The van der Waals surface area contributed by atoms with Gasteiger partial charge in [0, 0.05) is 25.2 Å². The van der Waals surface area contributed by atoms with Crippen LogP contribution in [0.5, 0.6) is 0 Å². The van der Waals surface area contributed by atoms with Crippen molar-refractivity contribution in [1.29, 1.82) is 0 Å². The number of nitrogens with two attached hydrogens (primary N) is 1. The van der Waals surface area contributed by atoms with Crippen molar-refractivity contribution in [2.75, 3.05) is 13.1 Å². The van der Waals surface area contributed by atoms with Crippen molar-refractivity contribution >= 4 is 5.97 Å². The van der Waals surface area contributed by atoms with E-state index in [1.54, 1.807) is 0 Å². The number of ether oxygens (including phenoxy) is 1. The quantitative estimate of drug-likeness (QED) is 0.143. The molecule has 1 fully saturated rings. The van der Waals surface area contributed by atoms with Gasteiger partial charge in [0.05, 0.1) is 13.1 Å². The van der Waals surface area contributed by atoms with Crippen molar-refractivity contribution in [3.05, 3.63) is 0 Å². The van der Waals surface area contributed by atoms with Crippen LogP contribution in [0.2, 0.25) is 0 Å². The summed E-state index contributed by atoms with van der Waals surface area (Å²) in [5.74, 6) is 0.540. The standard InChI is InChI=1S/C29H57NO2/c1-4-5-6-7-8-9-10-11-12-13-14-15-16-17-18-19-20-21-22-28(31)32-29(2,3)27-23-25-30-26-24-27/h27,30H,4-26H2,1-3H3/p+1. The van der Waals surface area contributed by atoms with Crippen LogP contribution in [0.4, 0.5) is 0 Å². The van der Waals surface area contributed by atoms with Crippen LogP contribution in [0, 0.1) is 5.92 Å². The van der Waals surface area contributed by atoms with Crippen molar-refractivity contribution in [3.8, 4) is 0 Å². The molecule has 3 nitrogen and oxygen atoms in total. The second-order valence-electron chi connectivity index (χ2n) is 11.0. The molecule has 0 unspecified atom stereocenters. The molecule has 190 valence electrons. The Morgan fingerprint density at radius 2 is 1.06 bits per heavy atom. The van der Waals surface area contributed by atoms with E-state index in [0.717, 1.165) is 6.42 Å². The number of hydrogen-bond donors (Lipinski definition) is 1. The number of unbranched alkanes of at least 4 members (excludes halogenated alkanes) is 17. The zero-order chi connectivity index (χ0) is 23.3. The molecular weight excluding hydrogens is 394 g/mol. The van der Waals surface area contributed by atoms with E-state index in [1.165, 1.54) is 135 Å². The molecule has 1 saturated heterocycles. The molecule has 0 atom stereocenters. The number of quaternary nitrogens is 1. The molecule has 1 heterocycles. The third-order valence-electron chi connectivity index (χ3n) is 7.53. The summed E-state index contributed by atoms with van der Waals surface area (Å²) < 4.78 is 5.86. The maximum Gasteiger partial charge on any atom is 0.306 e. The second-order valence-corrected chi connectivity index (χ2v) is 11.0. The van der Waals surface area contributed by atoms with Gasteiger partial charge in [0.2, 0.25) is 0 Å². The van der Waals surface area contributed by atoms with Gasteiger partial charge in [0.15, 0.2) is 0 Å². The van der Waals surface area contributed by atoms with Gasteiger partial charge in [-0.1, -0.05) is 116 Å². The summed E-state index contributed by atoms with van der Waals surface area (Å²) in [5, 5.41) is 2.37. The van der Waals surface area contributed by atoms with E-state index in [4.69, 9.17) is 4.74 Å². The molecule has 0 aromatic carbocycles. The van der Waals surface area contributed by atoms with Crippen LogP contribution < -0.4 is 5.32 Å². The molecule has 0 spiro atoms. The average Bonchev–Trinajstić information content (AvgIpc) is 2.78. The number of carbonyl (C=O) groups is 1. The van der Waals surface area contributed by atoms with Crippen molar-refractivity contribution in [1.82, 2.24) is 0 Å². The summed E-state index contributed by atoms with van der Waals surface area (Å²) >= 11 is 0. The fourth-order valence-electron chi connectivity index (χ4n) is 5.22. The van der Waals surface area contributed by atoms with E-state index in [-0.39, 0.29) is 11.6 Å². The number of hydrogen-bond acceptors (Lipinski definition) is 2. The Balaban J connectivity index is 1.81. The fraction of sp³-hybridized carbons (Fsp3) is 0.966. The maximum atomic E-state index is 12.2. The third kappa shape index (κ3) is 16.1. The lowest BCUT2D eigenvalue weighted by Crippen LogP contribution is -2.86. The molecule has 0 aromatic heterocycles. The summed E-state index contributed by atoms with van der Waals surface area (Å²) in [6, 6.07) is 0. The molecule has 1 aliphatic heterocycles. The fourth-order valence-corrected chi connectivity index (χ4v) is 5.22. The zero-order valence-corrected chi connectivity index (χ0v) is 22.2. The topological polar surface area (TPSA) is 42.9 Å². The second kappa shape index (κ2) is 19.9. The molecule has 0 amide bonds. The van der Waals surface area contributed by atoms with Gasteiger partial charge < -0.3 is 10.1 Å². The number of piperidine rings is 1. The van der Waals surface area contributed by atoms with E-state index >= 15 is 0 Å². The molecule has 3 heteroatoms. The molecule has 0 bridgehead atoms. The highest BCUT2D eigenvalue weighted by Crippen LogP contribution is 2.28. The maximum absolute atomic E-state index is 12.2. The van der Waals surface area contributed by atoms with Crippen molar-refractivity contribution in [2.45, 2.75) is 161 Å². The van der Waals surface area contributed by atoms with E-state index in [2.05, 4.69) is 26.1 Å². The van der Waals surface area contributed by atoms with Gasteiger partial charge in [0.25, 0.3) is 0 Å². The molecule has 32 heavy (non-hydrogen) atoms. The molecule has 0 radical (unpaired) electrons. The molecule has 2 N–H and O–H groups in total. The minimum Gasteiger partial charge on any atom is -0.459 e. The molecule has 0 saturated carbocycles. The predicted octanol–water partition coefficient (Wildman–Crippen LogP) is 7.71. The Bertz CT molecular complexity index is 429. The third-order valence-corrected chi connectivity index (χ3v) is 7.53. The highest BCUT2D eigenvalue weighted by Gasteiger charge is 2.35. The monoisotopic (exact) mass is 452 g/mol. The minimum absolute atomic E-state index is 0.0149. The summed E-state index contributed by atoms with van der Waals surface area (Å²) in [6.07, 6.45) is 27.7. The van der Waals surface area contributed by atoms with E-state index in [9.17, 15) is 4.79 Å². The van der Waals surface area contributed by atoms with Crippen LogP contribution in [0.25, 0.3) is 0 Å². The summed E-state index contributed by atoms with van der Waals surface area (Å²) in [6.45, 7) is 8.85. The van der Waals surface area contributed by atoms with Crippen LogP contribution in [0.3, 0.4) is 0 Å². The van der Waals surface area contributed by atoms with Gasteiger partial charge in [0.1, 0.15) is 5.60 Å². The van der Waals surface area contributed by atoms with Crippen LogP contribution in [-0.4, -0.2) is 24.7 Å². The largest absolute Gasteiger partial charge is 0.459 e. The summed E-state index contributed by atoms with van der Waals surface area (Å²) in [5.41, 5.74) is -0.292. The highest BCUT2D eigenvalue weighted by molar-refractivity contribution is 5.69. The average molecular weight is 453 g/mol. The number of carbonyl (C=O) groups excluding carboxylic acids is 1. The van der Waals surface area contributed by atoms with Gasteiger partial charge >= 0.3 is 5.97 Å². The van der Waals surface area contributed by atoms with Gasteiger partial charge in [-0.05, 0) is 20.3 Å². The minimum atomic E-state index is -0.292. The molecule has 1 aliphatic rings. The Kier molecular flexibility index (Phi) is 18.3. The first-order chi connectivity index (χ1) is 15.6. The first-order valence-electron chi connectivity index (χ1n) is 14.6. The zero-order valence-electron chi connectivity index (χ0n) is 22.2. The lowest BCUT2D eigenvalue weighted by molar-refractivity contribution is -0.665.